The number of aliphatic hydroxyl groups is 2. The SMILES string of the molecule is CCCCCC=CCC=CCC=CCC=CCCCC=CC(=O)SCCNC(=O)CCNC(=O)C(O)C(C)(C)COP(=O)([O-])OP(=O)([O-])OCC1OC(n2cnc3c(N)ncnc32)C(O)C1OP(=O)([O-])[O-]. The standard InChI is InChI=1S/C43H68N7O17P3S/c1-4-5-6-7-8-9-10-11-12-13-14-15-16-17-18-19-20-21-22-23-34(52)71-27-26-45-33(51)24-25-46-41(55)38(54)43(2,3)29-64-70(61,62)67-69(59,60)63-28-32-37(66-68(56,57)58)36(53)42(65-32)50-31-49-35-39(44)47-30-48-40(35)50/h8-9,11-12,14-15,17-18,22-23,30-32,36-38,42,53-54H,4-7,10,13,16,19-21,24-29H2,1-3H3,(H,45,51)(H,46,55)(H,59,60)(H,61,62)(H2,44,47,48)(H2,56,57,58)/p-4. The van der Waals surface area contributed by atoms with Crippen LogP contribution in [0, 0.1) is 5.41 Å². The molecule has 2 amide bonds. The lowest BCUT2D eigenvalue weighted by atomic mass is 9.87. The van der Waals surface area contributed by atoms with Crippen LogP contribution in [0.25, 0.3) is 11.2 Å². The van der Waals surface area contributed by atoms with Gasteiger partial charge in [-0.1, -0.05) is 100 Å². The molecule has 7 unspecified atom stereocenters. The number of nitrogen functional groups attached to an aromatic ring is 1. The molecule has 3 heterocycles. The Hall–Kier alpha value is -3.74. The zero-order valence-electron chi connectivity index (χ0n) is 39.8. The number of thioether (sulfide) groups is 1. The number of fused-ring (bicyclic) bond motifs is 1. The summed E-state index contributed by atoms with van der Waals surface area (Å²) in [5, 5.41) is 26.2. The Morgan fingerprint density at radius 1 is 0.887 bits per heavy atom. The summed E-state index contributed by atoms with van der Waals surface area (Å²) < 4.78 is 60.8. The third-order valence-electron chi connectivity index (χ3n) is 10.2. The van der Waals surface area contributed by atoms with Crippen LogP contribution in [0.2, 0.25) is 0 Å². The van der Waals surface area contributed by atoms with Gasteiger partial charge in [0.2, 0.25) is 16.9 Å². The highest BCUT2D eigenvalue weighted by Crippen LogP contribution is 2.56. The normalized spacial score (nSPS) is 20.2. The molecule has 2 aromatic heterocycles. The fraction of sp³-hybridized carbons (Fsp3) is 0.581. The van der Waals surface area contributed by atoms with Crippen molar-refractivity contribution in [2.45, 2.75) is 122 Å². The Labute approximate surface area is 417 Å². The third kappa shape index (κ3) is 23.8. The van der Waals surface area contributed by atoms with E-state index in [4.69, 9.17) is 10.5 Å². The number of ether oxygens (including phenoxy) is 1. The van der Waals surface area contributed by atoms with E-state index in [0.29, 0.717) is 5.75 Å². The largest absolute Gasteiger partial charge is 0.790 e. The molecule has 28 heteroatoms. The minimum absolute atomic E-state index is 0.0224. The van der Waals surface area contributed by atoms with Crippen molar-refractivity contribution < 1.29 is 80.5 Å². The number of anilines is 1. The molecule has 1 aliphatic rings. The molecule has 2 aromatic rings. The van der Waals surface area contributed by atoms with Gasteiger partial charge in [0.1, 0.15) is 36.3 Å². The van der Waals surface area contributed by atoms with E-state index >= 15 is 0 Å². The number of hydrogen-bond donors (Lipinski definition) is 5. The molecule has 24 nitrogen and oxygen atoms in total. The van der Waals surface area contributed by atoms with Crippen LogP contribution in [-0.2, 0) is 50.7 Å². The zero-order valence-corrected chi connectivity index (χ0v) is 43.3. The summed E-state index contributed by atoms with van der Waals surface area (Å²) >= 11 is 1.03. The van der Waals surface area contributed by atoms with Crippen molar-refractivity contribution in [2.24, 2.45) is 5.41 Å². The fourth-order valence-electron chi connectivity index (χ4n) is 6.40. The van der Waals surface area contributed by atoms with Crippen LogP contribution in [-0.4, -0.2) is 103 Å². The highest BCUT2D eigenvalue weighted by Gasteiger charge is 2.47. The van der Waals surface area contributed by atoms with E-state index in [1.54, 1.807) is 0 Å². The molecule has 0 aromatic carbocycles. The number of amides is 2. The molecule has 1 fully saturated rings. The Morgan fingerprint density at radius 3 is 2.15 bits per heavy atom. The number of aromatic nitrogens is 4. The number of carbonyl (C=O) groups excluding carboxylic acids is 3. The number of rotatable bonds is 34. The first-order valence-electron chi connectivity index (χ1n) is 22.8. The molecular formula is C43H64N7O17P3S-4. The summed E-state index contributed by atoms with van der Waals surface area (Å²) in [4.78, 5) is 96.8. The topological polar surface area (TPSA) is 375 Å². The maximum atomic E-state index is 12.6. The second kappa shape index (κ2) is 31.1. The summed E-state index contributed by atoms with van der Waals surface area (Å²) in [6.07, 6.45) is 23.3. The van der Waals surface area contributed by atoms with Gasteiger partial charge in [-0.15, -0.1) is 0 Å². The van der Waals surface area contributed by atoms with Crippen molar-refractivity contribution in [1.82, 2.24) is 30.2 Å². The quantitative estimate of drug-likeness (QED) is 0.0291. The fourth-order valence-corrected chi connectivity index (χ4v) is 9.73. The molecule has 7 atom stereocenters. The molecule has 0 bridgehead atoms. The number of nitrogens with zero attached hydrogens (tertiary/aromatic N) is 4. The summed E-state index contributed by atoms with van der Waals surface area (Å²) in [5.74, 6) is -1.25. The predicted molar refractivity (Wildman–Crippen MR) is 256 cm³/mol. The van der Waals surface area contributed by atoms with Crippen LogP contribution in [0.5, 0.6) is 0 Å². The van der Waals surface area contributed by atoms with Gasteiger partial charge in [-0.3, -0.25) is 28.1 Å². The molecular weight excluding hydrogens is 1010 g/mol. The third-order valence-corrected chi connectivity index (χ3v) is 14.0. The number of imidazole rings is 1. The second-order valence-electron chi connectivity index (χ2n) is 16.6. The van der Waals surface area contributed by atoms with Crippen molar-refractivity contribution in [2.75, 3.05) is 37.8 Å². The summed E-state index contributed by atoms with van der Waals surface area (Å²) in [5.41, 5.74) is 4.07. The molecule has 0 saturated carbocycles. The number of aliphatic hydroxyl groups excluding tert-OH is 2. The Kier molecular flexibility index (Phi) is 27.0. The molecule has 71 heavy (non-hydrogen) atoms. The van der Waals surface area contributed by atoms with Gasteiger partial charge >= 0.3 is 0 Å². The van der Waals surface area contributed by atoms with Gasteiger partial charge in [0.25, 0.3) is 15.6 Å². The smallest absolute Gasteiger partial charge is 0.274 e. The first-order chi connectivity index (χ1) is 33.6. The van der Waals surface area contributed by atoms with E-state index < -0.39 is 84.6 Å². The summed E-state index contributed by atoms with van der Waals surface area (Å²) in [6.45, 7) is 2.27. The predicted octanol–water partition coefficient (Wildman–Crippen LogP) is 2.84. The Balaban J connectivity index is 1.29. The van der Waals surface area contributed by atoms with E-state index in [1.807, 2.05) is 6.08 Å². The molecule has 0 spiro atoms. The highest BCUT2D eigenvalue weighted by atomic mass is 32.2. The van der Waals surface area contributed by atoms with Crippen molar-refractivity contribution in [3.63, 3.8) is 0 Å². The lowest BCUT2D eigenvalue weighted by Crippen LogP contribution is -2.46. The van der Waals surface area contributed by atoms with Crippen LogP contribution >= 0.6 is 35.2 Å². The van der Waals surface area contributed by atoms with Crippen LogP contribution in [0.4, 0.5) is 5.82 Å². The maximum Gasteiger partial charge on any atom is 0.274 e. The minimum Gasteiger partial charge on any atom is -0.790 e. The van der Waals surface area contributed by atoms with Crippen LogP contribution < -0.4 is 35.9 Å². The highest BCUT2D eigenvalue weighted by molar-refractivity contribution is 8.14. The Bertz CT molecular complexity index is 2310. The first kappa shape index (κ1) is 61.6. The number of allylic oxidation sites excluding steroid dienone is 9. The first-order valence-corrected chi connectivity index (χ1v) is 28.2. The van der Waals surface area contributed by atoms with Crippen LogP contribution in [0.3, 0.4) is 0 Å². The molecule has 0 aliphatic carbocycles. The lowest BCUT2D eigenvalue weighted by Gasteiger charge is -2.36. The van der Waals surface area contributed by atoms with Gasteiger partial charge in [0, 0.05) is 30.7 Å². The number of phosphoric ester groups is 3. The molecule has 1 aliphatic heterocycles. The lowest BCUT2D eigenvalue weighted by molar-refractivity contribution is -0.347. The average molecular weight is 1080 g/mol. The zero-order chi connectivity index (χ0) is 52.5. The molecule has 0 radical (unpaired) electrons. The van der Waals surface area contributed by atoms with Gasteiger partial charge < -0.3 is 69.0 Å². The van der Waals surface area contributed by atoms with E-state index in [1.165, 1.54) is 39.2 Å². The number of phosphoric acid groups is 3. The van der Waals surface area contributed by atoms with E-state index in [2.05, 4.69) is 99.0 Å². The monoisotopic (exact) mass is 1080 g/mol. The van der Waals surface area contributed by atoms with Gasteiger partial charge in [0.15, 0.2) is 17.7 Å². The van der Waals surface area contributed by atoms with Gasteiger partial charge in [-0.2, -0.15) is 0 Å². The second-order valence-corrected chi connectivity index (χ2v) is 21.7. The van der Waals surface area contributed by atoms with Crippen LogP contribution in [0.15, 0.2) is 73.4 Å². The van der Waals surface area contributed by atoms with E-state index in [0.717, 1.165) is 73.9 Å². The molecule has 6 N–H and O–H groups in total. The maximum absolute atomic E-state index is 12.6. The number of nitrogens with two attached hydrogens (primary N) is 1. The van der Waals surface area contributed by atoms with Gasteiger partial charge in [-0.25, -0.2) is 19.3 Å². The van der Waals surface area contributed by atoms with Crippen molar-refractivity contribution in [1.29, 1.82) is 0 Å². The average Bonchev–Trinajstić information content (AvgIpc) is 3.86. The Morgan fingerprint density at radius 2 is 1.51 bits per heavy atom. The van der Waals surface area contributed by atoms with Crippen LogP contribution in [0.1, 0.15) is 97.6 Å². The van der Waals surface area contributed by atoms with Gasteiger partial charge in [0.05, 0.1) is 27.4 Å². The number of nitrogens with one attached hydrogen (secondary N) is 2. The summed E-state index contributed by atoms with van der Waals surface area (Å²) in [6, 6.07) is 0. The molecule has 3 rings (SSSR count). The van der Waals surface area contributed by atoms with E-state index in [-0.39, 0.29) is 41.6 Å². The minimum atomic E-state index is -5.93. The van der Waals surface area contributed by atoms with Crippen molar-refractivity contribution in [3.8, 4) is 0 Å². The van der Waals surface area contributed by atoms with Crippen molar-refractivity contribution in [3.05, 3.63) is 73.4 Å². The summed E-state index contributed by atoms with van der Waals surface area (Å²) in [7, 11) is -17.6. The van der Waals surface area contributed by atoms with Gasteiger partial charge in [-0.05, 0) is 57.4 Å². The molecule has 398 valence electrons. The number of unbranched alkanes of at least 4 members (excludes halogenated alkanes) is 5. The van der Waals surface area contributed by atoms with E-state index in [9.17, 15) is 57.9 Å². The molecule has 1 saturated heterocycles. The van der Waals surface area contributed by atoms with Crippen molar-refractivity contribution >= 4 is 69.1 Å². The number of carbonyl (C=O) groups is 3. The number of hydrogen-bond acceptors (Lipinski definition) is 22.